The Kier molecular flexibility index (Phi) is 3.54. The van der Waals surface area contributed by atoms with Crippen molar-refractivity contribution in [1.29, 1.82) is 0 Å². The van der Waals surface area contributed by atoms with E-state index in [0.717, 1.165) is 29.9 Å². The molecule has 0 saturated carbocycles. The lowest BCUT2D eigenvalue weighted by Crippen LogP contribution is -2.11. The number of hydrogen-bond acceptors (Lipinski definition) is 3. The topological polar surface area (TPSA) is 42.7 Å². The predicted molar refractivity (Wildman–Crippen MR) is 68.6 cm³/mol. The summed E-state index contributed by atoms with van der Waals surface area (Å²) in [5.74, 6) is 0. The molecule has 17 heavy (non-hydrogen) atoms. The molecule has 0 unspecified atom stereocenters. The maximum absolute atomic E-state index is 4.29. The first kappa shape index (κ1) is 11.8. The standard InChI is InChI=1S/C13H18N4/c1-4-14-6-11-5-12(8-15-7-11)13-9-16-17(3)10(13)2/h5,7-9,14H,4,6H2,1-3H3. The van der Waals surface area contributed by atoms with Gasteiger partial charge in [0.15, 0.2) is 0 Å². The molecule has 2 aromatic heterocycles. The van der Waals surface area contributed by atoms with Crippen LogP contribution in [0.15, 0.2) is 24.7 Å². The van der Waals surface area contributed by atoms with E-state index in [1.54, 1.807) is 0 Å². The van der Waals surface area contributed by atoms with E-state index in [-0.39, 0.29) is 0 Å². The first-order chi connectivity index (χ1) is 8.22. The lowest BCUT2D eigenvalue weighted by molar-refractivity contribution is 0.724. The van der Waals surface area contributed by atoms with Crippen LogP contribution in [0.3, 0.4) is 0 Å². The minimum Gasteiger partial charge on any atom is -0.313 e. The van der Waals surface area contributed by atoms with Gasteiger partial charge in [-0.1, -0.05) is 6.92 Å². The molecule has 90 valence electrons. The van der Waals surface area contributed by atoms with E-state index in [1.807, 2.05) is 30.3 Å². The molecular weight excluding hydrogens is 212 g/mol. The Hall–Kier alpha value is -1.68. The number of aromatic nitrogens is 3. The quantitative estimate of drug-likeness (QED) is 0.872. The second kappa shape index (κ2) is 5.10. The Morgan fingerprint density at radius 1 is 1.29 bits per heavy atom. The summed E-state index contributed by atoms with van der Waals surface area (Å²) in [6, 6.07) is 2.17. The van der Waals surface area contributed by atoms with E-state index < -0.39 is 0 Å². The number of rotatable bonds is 4. The van der Waals surface area contributed by atoms with Crippen molar-refractivity contribution >= 4 is 0 Å². The van der Waals surface area contributed by atoms with Gasteiger partial charge in [0.05, 0.1) is 6.20 Å². The first-order valence-electron chi connectivity index (χ1n) is 5.86. The van der Waals surface area contributed by atoms with E-state index in [4.69, 9.17) is 0 Å². The monoisotopic (exact) mass is 230 g/mol. The van der Waals surface area contributed by atoms with Crippen molar-refractivity contribution in [2.24, 2.45) is 7.05 Å². The van der Waals surface area contributed by atoms with Gasteiger partial charge in [-0.05, 0) is 25.1 Å². The minimum absolute atomic E-state index is 0.858. The molecule has 0 aromatic carbocycles. The van der Waals surface area contributed by atoms with Crippen molar-refractivity contribution in [1.82, 2.24) is 20.1 Å². The summed E-state index contributed by atoms with van der Waals surface area (Å²) in [5.41, 5.74) is 4.64. The molecule has 0 fully saturated rings. The molecule has 0 aliphatic carbocycles. The Morgan fingerprint density at radius 2 is 2.12 bits per heavy atom. The highest BCUT2D eigenvalue weighted by atomic mass is 15.3. The average molecular weight is 230 g/mol. The summed E-state index contributed by atoms with van der Waals surface area (Å²) in [6.45, 7) is 5.99. The second-order valence-corrected chi connectivity index (χ2v) is 4.13. The van der Waals surface area contributed by atoms with E-state index in [0.29, 0.717) is 0 Å². The van der Waals surface area contributed by atoms with Crippen molar-refractivity contribution in [2.45, 2.75) is 20.4 Å². The van der Waals surface area contributed by atoms with Gasteiger partial charge in [-0.3, -0.25) is 9.67 Å². The molecule has 0 aliphatic heterocycles. The molecule has 2 rings (SSSR count). The van der Waals surface area contributed by atoms with Gasteiger partial charge in [0, 0.05) is 42.8 Å². The van der Waals surface area contributed by atoms with E-state index in [9.17, 15) is 0 Å². The highest BCUT2D eigenvalue weighted by Crippen LogP contribution is 2.22. The molecule has 0 aliphatic rings. The fourth-order valence-corrected chi connectivity index (χ4v) is 1.78. The van der Waals surface area contributed by atoms with Crippen LogP contribution < -0.4 is 5.32 Å². The number of aryl methyl sites for hydroxylation is 1. The third-order valence-electron chi connectivity index (χ3n) is 2.92. The third kappa shape index (κ3) is 2.53. The maximum atomic E-state index is 4.29. The van der Waals surface area contributed by atoms with Crippen LogP contribution in [0, 0.1) is 6.92 Å². The van der Waals surface area contributed by atoms with Gasteiger partial charge in [-0.25, -0.2) is 0 Å². The fourth-order valence-electron chi connectivity index (χ4n) is 1.78. The van der Waals surface area contributed by atoms with Gasteiger partial charge < -0.3 is 5.32 Å². The SMILES string of the molecule is CCNCc1cncc(-c2cnn(C)c2C)c1. The molecule has 2 heterocycles. The summed E-state index contributed by atoms with van der Waals surface area (Å²) in [7, 11) is 1.95. The largest absolute Gasteiger partial charge is 0.313 e. The van der Waals surface area contributed by atoms with Gasteiger partial charge in [0.1, 0.15) is 0 Å². The number of pyridine rings is 1. The third-order valence-corrected chi connectivity index (χ3v) is 2.92. The fraction of sp³-hybridized carbons (Fsp3) is 0.385. The zero-order valence-electron chi connectivity index (χ0n) is 10.6. The molecule has 0 spiro atoms. The summed E-state index contributed by atoms with van der Waals surface area (Å²) in [4.78, 5) is 4.29. The zero-order valence-corrected chi connectivity index (χ0v) is 10.6. The Balaban J connectivity index is 2.30. The molecule has 0 radical (unpaired) electrons. The summed E-state index contributed by atoms with van der Waals surface area (Å²) in [6.07, 6.45) is 5.68. The molecule has 4 heteroatoms. The Morgan fingerprint density at radius 3 is 2.76 bits per heavy atom. The van der Waals surface area contributed by atoms with E-state index in [1.165, 1.54) is 5.56 Å². The second-order valence-electron chi connectivity index (χ2n) is 4.13. The van der Waals surface area contributed by atoms with Crippen LogP contribution in [0.4, 0.5) is 0 Å². The van der Waals surface area contributed by atoms with Gasteiger partial charge in [0.2, 0.25) is 0 Å². The van der Waals surface area contributed by atoms with Crippen LogP contribution in [-0.4, -0.2) is 21.3 Å². The predicted octanol–water partition coefficient (Wildman–Crippen LogP) is 1.90. The van der Waals surface area contributed by atoms with Crippen LogP contribution >= 0.6 is 0 Å². The molecule has 1 N–H and O–H groups in total. The van der Waals surface area contributed by atoms with Gasteiger partial charge in [-0.15, -0.1) is 0 Å². The van der Waals surface area contributed by atoms with Crippen molar-refractivity contribution < 1.29 is 0 Å². The maximum Gasteiger partial charge on any atom is 0.0571 e. The van der Waals surface area contributed by atoms with Crippen molar-refractivity contribution in [3.63, 3.8) is 0 Å². The van der Waals surface area contributed by atoms with Crippen LogP contribution in [-0.2, 0) is 13.6 Å². The molecule has 0 atom stereocenters. The zero-order chi connectivity index (χ0) is 12.3. The molecular formula is C13H18N4. The number of hydrogen-bond donors (Lipinski definition) is 1. The molecule has 0 saturated heterocycles. The van der Waals surface area contributed by atoms with Gasteiger partial charge >= 0.3 is 0 Å². The molecule has 0 amide bonds. The van der Waals surface area contributed by atoms with E-state index in [2.05, 4.69) is 35.3 Å². The van der Waals surface area contributed by atoms with Crippen molar-refractivity contribution in [3.8, 4) is 11.1 Å². The Labute approximate surface area is 102 Å². The summed E-state index contributed by atoms with van der Waals surface area (Å²) in [5, 5.41) is 7.56. The lowest BCUT2D eigenvalue weighted by atomic mass is 10.1. The molecule has 0 bridgehead atoms. The molecule has 4 nitrogen and oxygen atoms in total. The highest BCUT2D eigenvalue weighted by molar-refractivity contribution is 5.64. The van der Waals surface area contributed by atoms with Crippen molar-refractivity contribution in [2.75, 3.05) is 6.54 Å². The number of nitrogens with one attached hydrogen (secondary N) is 1. The first-order valence-corrected chi connectivity index (χ1v) is 5.86. The van der Waals surface area contributed by atoms with Crippen molar-refractivity contribution in [3.05, 3.63) is 35.9 Å². The lowest BCUT2D eigenvalue weighted by Gasteiger charge is -2.05. The normalized spacial score (nSPS) is 10.8. The van der Waals surface area contributed by atoms with Crippen LogP contribution in [0.2, 0.25) is 0 Å². The van der Waals surface area contributed by atoms with Crippen LogP contribution in [0.1, 0.15) is 18.2 Å². The highest BCUT2D eigenvalue weighted by Gasteiger charge is 2.07. The minimum atomic E-state index is 0.858. The van der Waals surface area contributed by atoms with Gasteiger partial charge in [-0.2, -0.15) is 5.10 Å². The summed E-state index contributed by atoms with van der Waals surface area (Å²) < 4.78 is 1.88. The summed E-state index contributed by atoms with van der Waals surface area (Å²) >= 11 is 0. The van der Waals surface area contributed by atoms with Crippen LogP contribution in [0.25, 0.3) is 11.1 Å². The van der Waals surface area contributed by atoms with Crippen LogP contribution in [0.5, 0.6) is 0 Å². The molecule has 2 aromatic rings. The smallest absolute Gasteiger partial charge is 0.0571 e. The average Bonchev–Trinajstić information content (AvgIpc) is 2.68. The van der Waals surface area contributed by atoms with Gasteiger partial charge in [0.25, 0.3) is 0 Å². The van der Waals surface area contributed by atoms with E-state index >= 15 is 0 Å². The Bertz CT molecular complexity index is 502. The number of nitrogens with zero attached hydrogens (tertiary/aromatic N) is 3.